The third-order valence-electron chi connectivity index (χ3n) is 3.18. The van der Waals surface area contributed by atoms with Crippen LogP contribution in [-0.2, 0) is 0 Å². The SMILES string of the molecule is CC(C)(C)NCC(O)COc1ccccc1C#Cc1ccccn1.Cl. The molecule has 4 nitrogen and oxygen atoms in total. The first-order valence-corrected chi connectivity index (χ1v) is 8.02. The molecule has 0 fully saturated rings. The van der Waals surface area contributed by atoms with Gasteiger partial charge in [0.1, 0.15) is 24.2 Å². The van der Waals surface area contributed by atoms with E-state index in [0.29, 0.717) is 18.0 Å². The van der Waals surface area contributed by atoms with Gasteiger partial charge in [0.15, 0.2) is 0 Å². The number of aliphatic hydroxyl groups is 1. The zero-order chi connectivity index (χ0) is 17.4. The minimum absolute atomic E-state index is 0. The average molecular weight is 361 g/mol. The highest BCUT2D eigenvalue weighted by molar-refractivity contribution is 5.85. The maximum Gasteiger partial charge on any atom is 0.135 e. The van der Waals surface area contributed by atoms with Gasteiger partial charge in [0.25, 0.3) is 0 Å². The molecule has 0 aliphatic carbocycles. The summed E-state index contributed by atoms with van der Waals surface area (Å²) in [5.74, 6) is 6.76. The first-order chi connectivity index (χ1) is 11.4. The summed E-state index contributed by atoms with van der Waals surface area (Å²) in [6, 6.07) is 13.2. The zero-order valence-corrected chi connectivity index (χ0v) is 15.6. The van der Waals surface area contributed by atoms with Crippen molar-refractivity contribution in [2.75, 3.05) is 13.2 Å². The summed E-state index contributed by atoms with van der Waals surface area (Å²) >= 11 is 0. The van der Waals surface area contributed by atoms with Crippen molar-refractivity contribution in [1.29, 1.82) is 0 Å². The van der Waals surface area contributed by atoms with Crippen LogP contribution in [0.15, 0.2) is 48.7 Å². The Hall–Kier alpha value is -2.06. The fourth-order valence-corrected chi connectivity index (χ4v) is 1.93. The van der Waals surface area contributed by atoms with E-state index in [9.17, 15) is 5.11 Å². The largest absolute Gasteiger partial charge is 0.490 e. The number of benzene rings is 1. The molecule has 25 heavy (non-hydrogen) atoms. The lowest BCUT2D eigenvalue weighted by Crippen LogP contribution is -2.42. The molecule has 0 spiro atoms. The van der Waals surface area contributed by atoms with Crippen molar-refractivity contribution in [3.05, 3.63) is 59.9 Å². The summed E-state index contributed by atoms with van der Waals surface area (Å²) in [6.07, 6.45) is 1.13. The normalized spacial score (nSPS) is 11.7. The third-order valence-corrected chi connectivity index (χ3v) is 3.18. The summed E-state index contributed by atoms with van der Waals surface area (Å²) in [5.41, 5.74) is 1.45. The van der Waals surface area contributed by atoms with E-state index in [1.807, 2.05) is 42.5 Å². The molecule has 1 aromatic heterocycles. The van der Waals surface area contributed by atoms with Gasteiger partial charge in [-0.05, 0) is 51.0 Å². The second kappa shape index (κ2) is 10.0. The minimum atomic E-state index is -0.582. The van der Waals surface area contributed by atoms with Gasteiger partial charge in [-0.3, -0.25) is 0 Å². The van der Waals surface area contributed by atoms with Crippen molar-refractivity contribution in [2.24, 2.45) is 0 Å². The summed E-state index contributed by atoms with van der Waals surface area (Å²) in [7, 11) is 0. The Morgan fingerprint density at radius 1 is 1.12 bits per heavy atom. The molecule has 0 bridgehead atoms. The number of aromatic nitrogens is 1. The molecule has 134 valence electrons. The molecule has 1 unspecified atom stereocenters. The van der Waals surface area contributed by atoms with E-state index < -0.39 is 6.10 Å². The highest BCUT2D eigenvalue weighted by atomic mass is 35.5. The zero-order valence-electron chi connectivity index (χ0n) is 14.8. The van der Waals surface area contributed by atoms with Gasteiger partial charge < -0.3 is 15.2 Å². The van der Waals surface area contributed by atoms with Gasteiger partial charge in [0.2, 0.25) is 0 Å². The highest BCUT2D eigenvalue weighted by Gasteiger charge is 2.13. The van der Waals surface area contributed by atoms with E-state index in [-0.39, 0.29) is 24.6 Å². The van der Waals surface area contributed by atoms with Crippen molar-refractivity contribution in [2.45, 2.75) is 32.4 Å². The first-order valence-electron chi connectivity index (χ1n) is 8.02. The number of β-amino-alcohol motifs (C(OH)–C–C–N with tert-alkyl or cyclic N) is 1. The van der Waals surface area contributed by atoms with Crippen molar-refractivity contribution in [3.8, 4) is 17.6 Å². The van der Waals surface area contributed by atoms with Crippen molar-refractivity contribution in [3.63, 3.8) is 0 Å². The Morgan fingerprint density at radius 3 is 2.52 bits per heavy atom. The Kier molecular flexibility index (Phi) is 8.44. The van der Waals surface area contributed by atoms with E-state index in [0.717, 1.165) is 5.56 Å². The average Bonchev–Trinajstić information content (AvgIpc) is 2.57. The van der Waals surface area contributed by atoms with Crippen LogP contribution < -0.4 is 10.1 Å². The molecule has 1 heterocycles. The number of halogens is 1. The Balaban J connectivity index is 0.00000312. The van der Waals surface area contributed by atoms with E-state index >= 15 is 0 Å². The number of rotatable bonds is 5. The molecule has 0 aliphatic rings. The molecule has 0 saturated heterocycles. The number of para-hydroxylation sites is 1. The van der Waals surface area contributed by atoms with Gasteiger partial charge in [-0.25, -0.2) is 4.98 Å². The summed E-state index contributed by atoms with van der Waals surface area (Å²) in [6.45, 7) is 6.87. The second-order valence-corrected chi connectivity index (χ2v) is 6.56. The number of aliphatic hydroxyl groups excluding tert-OH is 1. The molecule has 5 heteroatoms. The lowest BCUT2D eigenvalue weighted by atomic mass is 10.1. The number of nitrogens with one attached hydrogen (secondary N) is 1. The van der Waals surface area contributed by atoms with Crippen LogP contribution in [0.3, 0.4) is 0 Å². The molecule has 2 aromatic rings. The van der Waals surface area contributed by atoms with Crippen LogP contribution in [0.1, 0.15) is 32.0 Å². The number of nitrogens with zero attached hydrogens (tertiary/aromatic N) is 1. The molecule has 2 N–H and O–H groups in total. The van der Waals surface area contributed by atoms with Crippen molar-refractivity contribution >= 4 is 12.4 Å². The Bertz CT molecular complexity index is 703. The molecule has 0 radical (unpaired) electrons. The van der Waals surface area contributed by atoms with Crippen LogP contribution >= 0.6 is 12.4 Å². The third kappa shape index (κ3) is 8.04. The molecule has 0 amide bonds. The van der Waals surface area contributed by atoms with Gasteiger partial charge in [-0.2, -0.15) is 0 Å². The van der Waals surface area contributed by atoms with E-state index in [2.05, 4.69) is 42.9 Å². The van der Waals surface area contributed by atoms with E-state index in [1.165, 1.54) is 0 Å². The number of ether oxygens (including phenoxy) is 1. The van der Waals surface area contributed by atoms with E-state index in [4.69, 9.17) is 4.74 Å². The fourth-order valence-electron chi connectivity index (χ4n) is 1.93. The van der Waals surface area contributed by atoms with Crippen LogP contribution in [0.2, 0.25) is 0 Å². The van der Waals surface area contributed by atoms with Crippen molar-refractivity contribution < 1.29 is 9.84 Å². The number of pyridine rings is 1. The van der Waals surface area contributed by atoms with Gasteiger partial charge in [-0.15, -0.1) is 12.4 Å². The van der Waals surface area contributed by atoms with Crippen LogP contribution in [0.5, 0.6) is 5.75 Å². The van der Waals surface area contributed by atoms with Gasteiger partial charge in [0.05, 0.1) is 5.56 Å². The summed E-state index contributed by atoms with van der Waals surface area (Å²) in [4.78, 5) is 4.18. The lowest BCUT2D eigenvalue weighted by Gasteiger charge is -2.23. The quantitative estimate of drug-likeness (QED) is 0.805. The standard InChI is InChI=1S/C20H24N2O2.ClH/c1-20(2,3)22-14-18(23)15-24-19-10-5-4-8-16(19)11-12-17-9-6-7-13-21-17;/h4-10,13,18,22-23H,14-15H2,1-3H3;1H. The maximum atomic E-state index is 10.0. The first kappa shape index (κ1) is 21.0. The van der Waals surface area contributed by atoms with Crippen LogP contribution in [0.25, 0.3) is 0 Å². The minimum Gasteiger partial charge on any atom is -0.490 e. The lowest BCUT2D eigenvalue weighted by molar-refractivity contribution is 0.0999. The van der Waals surface area contributed by atoms with Gasteiger partial charge in [0, 0.05) is 18.3 Å². The summed E-state index contributed by atoms with van der Waals surface area (Å²) in [5, 5.41) is 13.3. The highest BCUT2D eigenvalue weighted by Crippen LogP contribution is 2.17. The second-order valence-electron chi connectivity index (χ2n) is 6.56. The monoisotopic (exact) mass is 360 g/mol. The maximum absolute atomic E-state index is 10.0. The predicted molar refractivity (Wildman–Crippen MR) is 103 cm³/mol. The molecule has 1 atom stereocenters. The smallest absolute Gasteiger partial charge is 0.135 e. The topological polar surface area (TPSA) is 54.4 Å². The summed E-state index contributed by atoms with van der Waals surface area (Å²) < 4.78 is 5.74. The van der Waals surface area contributed by atoms with Crippen LogP contribution in [0.4, 0.5) is 0 Å². The predicted octanol–water partition coefficient (Wildman–Crippen LogP) is 3.03. The van der Waals surface area contributed by atoms with E-state index in [1.54, 1.807) is 6.20 Å². The Labute approximate surface area is 156 Å². The van der Waals surface area contributed by atoms with Crippen molar-refractivity contribution in [1.82, 2.24) is 10.3 Å². The van der Waals surface area contributed by atoms with Gasteiger partial charge >= 0.3 is 0 Å². The van der Waals surface area contributed by atoms with Gasteiger partial charge in [-0.1, -0.05) is 24.1 Å². The number of hydrogen-bond donors (Lipinski definition) is 2. The fraction of sp³-hybridized carbons (Fsp3) is 0.350. The number of hydrogen-bond acceptors (Lipinski definition) is 4. The molecule has 0 aliphatic heterocycles. The molecule has 1 aromatic carbocycles. The molecule has 2 rings (SSSR count). The molecular weight excluding hydrogens is 336 g/mol. The van der Waals surface area contributed by atoms with Crippen LogP contribution in [-0.4, -0.2) is 34.9 Å². The molecular formula is C20H25ClN2O2. The Morgan fingerprint density at radius 2 is 1.84 bits per heavy atom. The molecule has 0 saturated carbocycles. The van der Waals surface area contributed by atoms with Crippen LogP contribution in [0, 0.1) is 11.8 Å².